The van der Waals surface area contributed by atoms with Crippen molar-refractivity contribution >= 4 is 54.8 Å². The molecule has 5 rings (SSSR count). The number of benzene rings is 3. The summed E-state index contributed by atoms with van der Waals surface area (Å²) in [6, 6.07) is 15.7. The number of halogens is 1. The van der Waals surface area contributed by atoms with Crippen LogP contribution in [0.15, 0.2) is 83.2 Å². The number of carbonyl (C=O) groups is 1. The van der Waals surface area contributed by atoms with Crippen LogP contribution in [0.4, 0.5) is 5.69 Å². The first-order valence-electron chi connectivity index (χ1n) is 10.9. The van der Waals surface area contributed by atoms with Crippen molar-refractivity contribution in [2.45, 2.75) is 11.4 Å². The number of nitrogens with zero attached hydrogens (tertiary/aromatic N) is 2. The molecule has 36 heavy (non-hydrogen) atoms. The molecule has 1 aliphatic heterocycles. The Hall–Kier alpha value is -3.60. The van der Waals surface area contributed by atoms with E-state index in [1.165, 1.54) is 59.9 Å². The number of ether oxygens (including phenoxy) is 2. The molecule has 1 aromatic heterocycles. The summed E-state index contributed by atoms with van der Waals surface area (Å²) >= 11 is 7.19. The van der Waals surface area contributed by atoms with E-state index in [1.807, 2.05) is 16.7 Å². The van der Waals surface area contributed by atoms with E-state index >= 15 is 0 Å². The van der Waals surface area contributed by atoms with Gasteiger partial charge in [0.25, 0.3) is 15.9 Å². The minimum absolute atomic E-state index is 0.0797. The van der Waals surface area contributed by atoms with E-state index in [-0.39, 0.29) is 4.90 Å². The fourth-order valence-corrected chi connectivity index (χ4v) is 5.89. The zero-order valence-electron chi connectivity index (χ0n) is 18.8. The molecule has 0 aliphatic carbocycles. The van der Waals surface area contributed by atoms with E-state index in [9.17, 15) is 13.2 Å². The molecule has 0 spiro atoms. The first-order valence-corrected chi connectivity index (χ1v) is 13.5. The number of anilines is 1. The lowest BCUT2D eigenvalue weighted by atomic mass is 10.2. The molecule has 1 N–H and O–H groups in total. The Labute approximate surface area is 216 Å². The zero-order chi connectivity index (χ0) is 25.3. The maximum atomic E-state index is 13.0. The Morgan fingerprint density at radius 2 is 1.75 bits per heavy atom. The predicted molar refractivity (Wildman–Crippen MR) is 140 cm³/mol. The van der Waals surface area contributed by atoms with Crippen molar-refractivity contribution in [1.29, 1.82) is 0 Å². The number of thiazole rings is 1. The van der Waals surface area contributed by atoms with Crippen LogP contribution in [0.3, 0.4) is 0 Å². The Morgan fingerprint density at radius 1 is 1.08 bits per heavy atom. The van der Waals surface area contributed by atoms with Crippen LogP contribution < -0.4 is 19.0 Å². The monoisotopic (exact) mass is 541 g/mol. The maximum absolute atomic E-state index is 13.0. The fraction of sp³-hybridized carbons (Fsp3) is 0.120. The molecule has 0 radical (unpaired) electrons. The summed E-state index contributed by atoms with van der Waals surface area (Å²) in [7, 11) is -3.79. The highest BCUT2D eigenvalue weighted by Gasteiger charge is 2.17. The molecule has 0 fully saturated rings. The molecular formula is C25H20ClN3O5S2. The Bertz CT molecular complexity index is 1640. The van der Waals surface area contributed by atoms with Crippen LogP contribution in [-0.2, 0) is 16.6 Å². The summed E-state index contributed by atoms with van der Waals surface area (Å²) < 4.78 is 41.8. The van der Waals surface area contributed by atoms with Gasteiger partial charge in [-0.05, 0) is 48.5 Å². The average molecular weight is 542 g/mol. The number of fused-ring (bicyclic) bond motifs is 2. The standard InChI is InChI=1S/C25H20ClN3O5S2/c1-2-11-29-20-14-21-22(34-13-12-33-21)15-23(20)35-25(29)27-24(30)16-3-7-18(8-4-16)28-36(31,32)19-9-5-17(26)6-10-19/h2-10,14-15,28H,1,11-13H2. The third-order valence-corrected chi connectivity index (χ3v) is 8.05. The molecule has 1 aliphatic rings. The Morgan fingerprint density at radius 3 is 2.42 bits per heavy atom. The van der Waals surface area contributed by atoms with E-state index in [4.69, 9.17) is 21.1 Å². The van der Waals surface area contributed by atoms with Gasteiger partial charge in [-0.15, -0.1) is 6.58 Å². The van der Waals surface area contributed by atoms with Crippen molar-refractivity contribution in [3.8, 4) is 11.5 Å². The van der Waals surface area contributed by atoms with Gasteiger partial charge in [0.05, 0.1) is 15.1 Å². The first-order chi connectivity index (χ1) is 17.3. The molecule has 8 nitrogen and oxygen atoms in total. The lowest BCUT2D eigenvalue weighted by Crippen LogP contribution is -2.17. The minimum Gasteiger partial charge on any atom is -0.486 e. The summed E-state index contributed by atoms with van der Waals surface area (Å²) in [6.07, 6.45) is 1.73. The number of nitrogens with one attached hydrogen (secondary N) is 1. The van der Waals surface area contributed by atoms with Gasteiger partial charge in [-0.1, -0.05) is 29.0 Å². The highest BCUT2D eigenvalue weighted by Crippen LogP contribution is 2.35. The van der Waals surface area contributed by atoms with Crippen LogP contribution in [-0.4, -0.2) is 32.1 Å². The topological polar surface area (TPSA) is 99.0 Å². The lowest BCUT2D eigenvalue weighted by molar-refractivity contribution is 0.0998. The van der Waals surface area contributed by atoms with Crippen molar-refractivity contribution in [1.82, 2.24) is 4.57 Å². The smallest absolute Gasteiger partial charge is 0.279 e. The second-order valence-electron chi connectivity index (χ2n) is 7.80. The predicted octanol–water partition coefficient (Wildman–Crippen LogP) is 4.86. The second kappa shape index (κ2) is 9.81. The van der Waals surface area contributed by atoms with Gasteiger partial charge in [-0.25, -0.2) is 8.42 Å². The van der Waals surface area contributed by atoms with Crippen LogP contribution in [0.1, 0.15) is 10.4 Å². The van der Waals surface area contributed by atoms with E-state index < -0.39 is 15.9 Å². The number of hydrogen-bond acceptors (Lipinski definition) is 6. The van der Waals surface area contributed by atoms with Crippen LogP contribution in [0.25, 0.3) is 10.2 Å². The van der Waals surface area contributed by atoms with E-state index in [1.54, 1.807) is 6.08 Å². The summed E-state index contributed by atoms with van der Waals surface area (Å²) in [5.74, 6) is 0.859. The van der Waals surface area contributed by atoms with Crippen LogP contribution in [0.2, 0.25) is 5.02 Å². The Balaban J connectivity index is 1.42. The number of rotatable bonds is 6. The van der Waals surface area contributed by atoms with Crippen molar-refractivity contribution in [2.75, 3.05) is 17.9 Å². The molecular weight excluding hydrogens is 522 g/mol. The highest BCUT2D eigenvalue weighted by molar-refractivity contribution is 7.92. The molecule has 184 valence electrons. The molecule has 0 unspecified atom stereocenters. The van der Waals surface area contributed by atoms with Gasteiger partial charge in [0.2, 0.25) is 0 Å². The normalized spacial score (nSPS) is 13.5. The largest absolute Gasteiger partial charge is 0.486 e. The van der Waals surface area contributed by atoms with Gasteiger partial charge in [0.15, 0.2) is 16.3 Å². The minimum atomic E-state index is -3.79. The third-order valence-electron chi connectivity index (χ3n) is 5.36. The van der Waals surface area contributed by atoms with Gasteiger partial charge in [-0.2, -0.15) is 4.99 Å². The summed E-state index contributed by atoms with van der Waals surface area (Å²) in [5.41, 5.74) is 1.50. The van der Waals surface area contributed by atoms with Gasteiger partial charge >= 0.3 is 0 Å². The van der Waals surface area contributed by atoms with Crippen molar-refractivity contribution in [3.63, 3.8) is 0 Å². The van der Waals surface area contributed by atoms with Crippen molar-refractivity contribution < 1.29 is 22.7 Å². The quantitative estimate of drug-likeness (QED) is 0.352. The maximum Gasteiger partial charge on any atom is 0.279 e. The molecule has 11 heteroatoms. The summed E-state index contributed by atoms with van der Waals surface area (Å²) in [4.78, 5) is 17.9. The van der Waals surface area contributed by atoms with Gasteiger partial charge in [0, 0.05) is 35.0 Å². The molecule has 0 saturated carbocycles. The third kappa shape index (κ3) is 4.88. The lowest BCUT2D eigenvalue weighted by Gasteiger charge is -2.18. The number of aromatic nitrogens is 1. The van der Waals surface area contributed by atoms with E-state index in [2.05, 4.69) is 16.3 Å². The SMILES string of the molecule is C=CCn1c(=NC(=O)c2ccc(NS(=O)(=O)c3ccc(Cl)cc3)cc2)sc2cc3c(cc21)OCCO3. The van der Waals surface area contributed by atoms with Crippen molar-refractivity contribution in [2.24, 2.45) is 4.99 Å². The summed E-state index contributed by atoms with van der Waals surface area (Å²) in [5, 5.41) is 0.440. The van der Waals surface area contributed by atoms with Gasteiger partial charge in [0.1, 0.15) is 13.2 Å². The molecule has 1 amide bonds. The molecule has 0 atom stereocenters. The average Bonchev–Trinajstić information content (AvgIpc) is 3.19. The van der Waals surface area contributed by atoms with Crippen LogP contribution in [0.5, 0.6) is 11.5 Å². The molecule has 2 heterocycles. The Kier molecular flexibility index (Phi) is 6.57. The molecule has 3 aromatic carbocycles. The van der Waals surface area contributed by atoms with E-state index in [0.29, 0.717) is 52.3 Å². The molecule has 0 saturated heterocycles. The van der Waals surface area contributed by atoms with Gasteiger partial charge in [-0.3, -0.25) is 9.52 Å². The summed E-state index contributed by atoms with van der Waals surface area (Å²) in [6.45, 7) is 5.23. The molecule has 4 aromatic rings. The highest BCUT2D eigenvalue weighted by atomic mass is 35.5. The van der Waals surface area contributed by atoms with Crippen molar-refractivity contribution in [3.05, 3.63) is 88.7 Å². The first kappa shape index (κ1) is 24.1. The van der Waals surface area contributed by atoms with Crippen LogP contribution >= 0.6 is 22.9 Å². The number of amides is 1. The fourth-order valence-electron chi connectivity index (χ4n) is 3.66. The number of sulfonamides is 1. The number of hydrogen-bond donors (Lipinski definition) is 1. The van der Waals surface area contributed by atoms with Crippen LogP contribution in [0, 0.1) is 0 Å². The zero-order valence-corrected chi connectivity index (χ0v) is 21.2. The van der Waals surface area contributed by atoms with Gasteiger partial charge < -0.3 is 14.0 Å². The van der Waals surface area contributed by atoms with E-state index in [0.717, 1.165) is 10.2 Å². The number of allylic oxidation sites excluding steroid dienone is 1. The molecule has 0 bridgehead atoms. The second-order valence-corrected chi connectivity index (χ2v) is 10.9. The number of carbonyl (C=O) groups excluding carboxylic acids is 1.